The van der Waals surface area contributed by atoms with Gasteiger partial charge in [0.1, 0.15) is 0 Å². The third-order valence-electron chi connectivity index (χ3n) is 3.85. The molecule has 98 valence electrons. The standard InChI is InChI=1S/C16H18N2O/c1-17-9-3-4-13-10-12(5-7-15(13)17)14-6-8-16(19)18(2)11-14/h5-8,10-11H,3-4,9H2,1-2H3. The molecule has 0 atom stereocenters. The highest BCUT2D eigenvalue weighted by Gasteiger charge is 2.14. The van der Waals surface area contributed by atoms with Crippen LogP contribution < -0.4 is 10.5 Å². The monoisotopic (exact) mass is 254 g/mol. The van der Waals surface area contributed by atoms with Crippen molar-refractivity contribution in [3.63, 3.8) is 0 Å². The number of anilines is 1. The third-order valence-corrected chi connectivity index (χ3v) is 3.85. The Morgan fingerprint density at radius 3 is 2.63 bits per heavy atom. The minimum Gasteiger partial charge on any atom is -0.374 e. The van der Waals surface area contributed by atoms with Gasteiger partial charge in [0.25, 0.3) is 0 Å². The molecule has 0 bridgehead atoms. The Bertz CT molecular complexity index is 673. The van der Waals surface area contributed by atoms with Gasteiger partial charge in [-0.15, -0.1) is 0 Å². The van der Waals surface area contributed by atoms with Crippen LogP contribution in [0.5, 0.6) is 0 Å². The van der Waals surface area contributed by atoms with Crippen LogP contribution in [-0.4, -0.2) is 18.2 Å². The van der Waals surface area contributed by atoms with Crippen LogP contribution in [0.2, 0.25) is 0 Å². The quantitative estimate of drug-likeness (QED) is 0.781. The molecule has 1 aliphatic rings. The second kappa shape index (κ2) is 4.57. The number of pyridine rings is 1. The summed E-state index contributed by atoms with van der Waals surface area (Å²) in [5, 5.41) is 0. The molecule has 0 fully saturated rings. The molecule has 3 heteroatoms. The fourth-order valence-electron chi connectivity index (χ4n) is 2.73. The van der Waals surface area contributed by atoms with Crippen LogP contribution in [-0.2, 0) is 13.5 Å². The molecule has 3 rings (SSSR count). The van der Waals surface area contributed by atoms with Gasteiger partial charge in [0.15, 0.2) is 0 Å². The number of benzene rings is 1. The van der Waals surface area contributed by atoms with Crippen molar-refractivity contribution in [3.8, 4) is 11.1 Å². The molecular formula is C16H18N2O. The van der Waals surface area contributed by atoms with Crippen LogP contribution in [0.15, 0.2) is 41.3 Å². The highest BCUT2D eigenvalue weighted by molar-refractivity contribution is 5.69. The van der Waals surface area contributed by atoms with E-state index in [0.717, 1.165) is 18.5 Å². The molecule has 0 amide bonds. The van der Waals surface area contributed by atoms with Gasteiger partial charge in [-0.1, -0.05) is 6.07 Å². The van der Waals surface area contributed by atoms with Crippen molar-refractivity contribution in [3.05, 3.63) is 52.4 Å². The summed E-state index contributed by atoms with van der Waals surface area (Å²) in [7, 11) is 3.93. The smallest absolute Gasteiger partial charge is 0.250 e. The molecule has 2 heterocycles. The van der Waals surface area contributed by atoms with Gasteiger partial charge in [0.2, 0.25) is 5.56 Å². The minimum absolute atomic E-state index is 0.0291. The largest absolute Gasteiger partial charge is 0.374 e. The fraction of sp³-hybridized carbons (Fsp3) is 0.312. The highest BCUT2D eigenvalue weighted by Crippen LogP contribution is 2.30. The SMILES string of the molecule is CN1CCCc2cc(-c3ccc(=O)n(C)c3)ccc21. The van der Waals surface area contributed by atoms with E-state index in [2.05, 4.69) is 30.1 Å². The summed E-state index contributed by atoms with van der Waals surface area (Å²) in [6.45, 7) is 1.13. The first kappa shape index (κ1) is 12.0. The van der Waals surface area contributed by atoms with Crippen molar-refractivity contribution in [1.29, 1.82) is 0 Å². The molecule has 19 heavy (non-hydrogen) atoms. The van der Waals surface area contributed by atoms with E-state index in [4.69, 9.17) is 0 Å². The number of hydrogen-bond donors (Lipinski definition) is 0. The summed E-state index contributed by atoms with van der Waals surface area (Å²) < 4.78 is 1.63. The van der Waals surface area contributed by atoms with Crippen molar-refractivity contribution in [2.45, 2.75) is 12.8 Å². The van der Waals surface area contributed by atoms with Gasteiger partial charge < -0.3 is 9.47 Å². The lowest BCUT2D eigenvalue weighted by Crippen LogP contribution is -2.24. The topological polar surface area (TPSA) is 25.2 Å². The Morgan fingerprint density at radius 1 is 1.05 bits per heavy atom. The van der Waals surface area contributed by atoms with E-state index < -0.39 is 0 Å². The average molecular weight is 254 g/mol. The molecule has 0 saturated carbocycles. The zero-order valence-electron chi connectivity index (χ0n) is 11.4. The molecule has 0 aliphatic carbocycles. The van der Waals surface area contributed by atoms with Crippen molar-refractivity contribution >= 4 is 5.69 Å². The van der Waals surface area contributed by atoms with Crippen molar-refractivity contribution < 1.29 is 0 Å². The minimum atomic E-state index is 0.0291. The zero-order valence-corrected chi connectivity index (χ0v) is 11.4. The summed E-state index contributed by atoms with van der Waals surface area (Å²) in [6, 6.07) is 10.1. The number of rotatable bonds is 1. The molecule has 1 aromatic heterocycles. The molecule has 0 radical (unpaired) electrons. The van der Waals surface area contributed by atoms with Crippen LogP contribution in [0, 0.1) is 0 Å². The average Bonchev–Trinajstić information content (AvgIpc) is 2.42. The van der Waals surface area contributed by atoms with Crippen LogP contribution >= 0.6 is 0 Å². The van der Waals surface area contributed by atoms with Crippen LogP contribution in [0.1, 0.15) is 12.0 Å². The van der Waals surface area contributed by atoms with E-state index in [-0.39, 0.29) is 5.56 Å². The molecule has 0 spiro atoms. The number of fused-ring (bicyclic) bond motifs is 1. The Labute approximate surface area is 113 Å². The van der Waals surface area contributed by atoms with E-state index in [1.165, 1.54) is 23.2 Å². The molecule has 0 saturated heterocycles. The van der Waals surface area contributed by atoms with Crippen LogP contribution in [0.4, 0.5) is 5.69 Å². The van der Waals surface area contributed by atoms with E-state index >= 15 is 0 Å². The fourth-order valence-corrected chi connectivity index (χ4v) is 2.73. The Balaban J connectivity index is 2.06. The van der Waals surface area contributed by atoms with Gasteiger partial charge in [-0.05, 0) is 47.7 Å². The molecule has 0 unspecified atom stereocenters. The second-order valence-electron chi connectivity index (χ2n) is 5.24. The van der Waals surface area contributed by atoms with Crippen molar-refractivity contribution in [2.75, 3.05) is 18.5 Å². The number of aryl methyl sites for hydroxylation is 2. The number of nitrogens with zero attached hydrogens (tertiary/aromatic N) is 2. The Morgan fingerprint density at radius 2 is 1.84 bits per heavy atom. The Kier molecular flexibility index (Phi) is 2.90. The normalized spacial score (nSPS) is 14.3. The molecule has 0 N–H and O–H groups in total. The molecule has 2 aromatic rings. The number of aromatic nitrogens is 1. The molecular weight excluding hydrogens is 236 g/mol. The van der Waals surface area contributed by atoms with E-state index in [0.29, 0.717) is 0 Å². The van der Waals surface area contributed by atoms with Gasteiger partial charge in [-0.2, -0.15) is 0 Å². The molecule has 1 aliphatic heterocycles. The Hall–Kier alpha value is -2.03. The lowest BCUT2D eigenvalue weighted by molar-refractivity contribution is 0.745. The summed E-state index contributed by atoms with van der Waals surface area (Å²) >= 11 is 0. The van der Waals surface area contributed by atoms with E-state index in [1.807, 2.05) is 12.3 Å². The maximum atomic E-state index is 11.4. The predicted molar refractivity (Wildman–Crippen MR) is 78.7 cm³/mol. The van der Waals surface area contributed by atoms with Crippen LogP contribution in [0.25, 0.3) is 11.1 Å². The first-order valence-electron chi connectivity index (χ1n) is 6.66. The summed E-state index contributed by atoms with van der Waals surface area (Å²) in [5.74, 6) is 0. The van der Waals surface area contributed by atoms with Gasteiger partial charge in [-0.25, -0.2) is 0 Å². The van der Waals surface area contributed by atoms with E-state index in [9.17, 15) is 4.79 Å². The number of hydrogen-bond acceptors (Lipinski definition) is 2. The lowest BCUT2D eigenvalue weighted by atomic mass is 9.97. The third kappa shape index (κ3) is 2.16. The van der Waals surface area contributed by atoms with Crippen LogP contribution in [0.3, 0.4) is 0 Å². The molecule has 3 nitrogen and oxygen atoms in total. The van der Waals surface area contributed by atoms with Gasteiger partial charge in [0.05, 0.1) is 0 Å². The zero-order chi connectivity index (χ0) is 13.4. The summed E-state index contributed by atoms with van der Waals surface area (Å²) in [4.78, 5) is 13.7. The van der Waals surface area contributed by atoms with Gasteiger partial charge in [-0.3, -0.25) is 4.79 Å². The van der Waals surface area contributed by atoms with Crippen molar-refractivity contribution in [2.24, 2.45) is 7.05 Å². The maximum Gasteiger partial charge on any atom is 0.250 e. The molecule has 1 aromatic carbocycles. The van der Waals surface area contributed by atoms with Crippen molar-refractivity contribution in [1.82, 2.24) is 4.57 Å². The van der Waals surface area contributed by atoms with Gasteiger partial charge in [0, 0.05) is 38.6 Å². The lowest BCUT2D eigenvalue weighted by Gasteiger charge is -2.27. The summed E-state index contributed by atoms with van der Waals surface area (Å²) in [6.07, 6.45) is 4.25. The van der Waals surface area contributed by atoms with Gasteiger partial charge >= 0.3 is 0 Å². The highest BCUT2D eigenvalue weighted by atomic mass is 16.1. The maximum absolute atomic E-state index is 11.4. The predicted octanol–water partition coefficient (Wildman–Crippen LogP) is 2.43. The second-order valence-corrected chi connectivity index (χ2v) is 5.24. The first-order valence-corrected chi connectivity index (χ1v) is 6.66. The van der Waals surface area contributed by atoms with E-state index in [1.54, 1.807) is 17.7 Å². The first-order chi connectivity index (χ1) is 9.15. The summed E-state index contributed by atoms with van der Waals surface area (Å²) in [5.41, 5.74) is 5.05.